The van der Waals surface area contributed by atoms with Gasteiger partial charge in [-0.1, -0.05) is 137 Å². The number of hydrogen-bond donors (Lipinski definition) is 0. The average Bonchev–Trinajstić information content (AvgIpc) is 3.85. The Labute approximate surface area is 402 Å². The Hall–Kier alpha value is -4.61. The molecule has 0 radical (unpaired) electrons. The van der Waals surface area contributed by atoms with Gasteiger partial charge in [0.25, 0.3) is 0 Å². The SMILES string of the molecule is Cc1cc2c3c(c1)C1(C)CCCCC1N3C1(C)C=C(N3C4=CC=CCC4(C)S4(C5=C(C=CC(C)C5)c5ccccc54)C4(C)CC=CC=C34)C=C3C1B2c1cccc2c1N3C1(C)CCCCC21C. The van der Waals surface area contributed by atoms with E-state index in [0.717, 1.165) is 19.3 Å². The Morgan fingerprint density at radius 3 is 2.30 bits per heavy atom. The van der Waals surface area contributed by atoms with Gasteiger partial charge in [-0.3, -0.25) is 0 Å². The molecule has 6 aliphatic heterocycles. The molecule has 3 nitrogen and oxygen atoms in total. The molecule has 9 unspecified atom stereocenters. The maximum Gasteiger partial charge on any atom is 0.226 e. The number of anilines is 2. The molecular formula is C62H68BN3S. The van der Waals surface area contributed by atoms with Gasteiger partial charge in [-0.05, 0) is 154 Å². The van der Waals surface area contributed by atoms with Gasteiger partial charge in [0.2, 0.25) is 6.71 Å². The number of hydrogen-bond acceptors (Lipinski definition) is 3. The molecule has 5 heteroatoms. The molecule has 3 aromatic carbocycles. The third kappa shape index (κ3) is 4.23. The fraction of sp³-hybridized carbons (Fsp3) is 0.452. The molecule has 0 amide bonds. The summed E-state index contributed by atoms with van der Waals surface area (Å²) in [5.41, 5.74) is 20.1. The summed E-state index contributed by atoms with van der Waals surface area (Å²) in [5.74, 6) is 0.813. The first-order chi connectivity index (χ1) is 32.3. The lowest BCUT2D eigenvalue weighted by molar-refractivity contribution is 0.187. The van der Waals surface area contributed by atoms with Crippen molar-refractivity contribution in [1.29, 1.82) is 0 Å². The molecule has 12 aliphatic rings. The lowest BCUT2D eigenvalue weighted by Gasteiger charge is -2.71. The standard InChI is InChI=1S/C62H68BN3S/c1-39-27-28-43-42-20-9-10-23-49(42)67(50(43)36-39)60(6)31-15-12-25-52(60)64(53-26-13-16-32-61(53,67)7)41-37-48-56-59(5,38-41)66-51-24-11-14-29-57(51,3)45-34-40(2)35-47(55(45)66)63(56)46-22-19-21-44-54(46)65(48)62(8)33-18-17-30-58(44,62)4/h9-10,12-13,15-16,19-23,25-28,34-35,37-39,51,56H,11,14,17-18,24,29-33,36H2,1-8H3. The van der Waals surface area contributed by atoms with Gasteiger partial charge in [0.05, 0.1) is 11.1 Å². The van der Waals surface area contributed by atoms with Gasteiger partial charge < -0.3 is 14.7 Å². The Bertz CT molecular complexity index is 3060. The minimum atomic E-state index is -1.66. The van der Waals surface area contributed by atoms with Crippen LogP contribution in [0.15, 0.2) is 148 Å². The predicted octanol–water partition coefficient (Wildman–Crippen LogP) is 13.7. The zero-order valence-electron chi connectivity index (χ0n) is 41.3. The molecule has 15 rings (SSSR count). The third-order valence-electron chi connectivity index (χ3n) is 21.5. The molecule has 1 spiro atoms. The van der Waals surface area contributed by atoms with Crippen LogP contribution in [-0.2, 0) is 10.8 Å². The fourth-order valence-electron chi connectivity index (χ4n) is 18.6. The molecule has 9 atom stereocenters. The molecule has 0 bridgehead atoms. The highest BCUT2D eigenvalue weighted by Gasteiger charge is 2.71. The predicted molar refractivity (Wildman–Crippen MR) is 284 cm³/mol. The summed E-state index contributed by atoms with van der Waals surface area (Å²) >= 11 is 0. The first-order valence-corrected chi connectivity index (χ1v) is 28.1. The van der Waals surface area contributed by atoms with Crippen LogP contribution < -0.4 is 20.7 Å². The normalized spacial score (nSPS) is 41.4. The highest BCUT2D eigenvalue weighted by atomic mass is 32.3. The van der Waals surface area contributed by atoms with Crippen molar-refractivity contribution in [2.24, 2.45) is 5.92 Å². The van der Waals surface area contributed by atoms with Crippen molar-refractivity contribution in [3.63, 3.8) is 0 Å². The maximum absolute atomic E-state index is 3.11. The largest absolute Gasteiger partial charge is 0.359 e. The van der Waals surface area contributed by atoms with Crippen LogP contribution in [0.25, 0.3) is 5.57 Å². The topological polar surface area (TPSA) is 9.72 Å². The van der Waals surface area contributed by atoms with Gasteiger partial charge in [-0.25, -0.2) is 0 Å². The second-order valence-corrected chi connectivity index (χ2v) is 28.6. The summed E-state index contributed by atoms with van der Waals surface area (Å²) in [6, 6.07) is 23.1. The van der Waals surface area contributed by atoms with Crippen molar-refractivity contribution in [2.75, 3.05) is 9.80 Å². The summed E-state index contributed by atoms with van der Waals surface area (Å²) in [4.78, 5) is 12.5. The average molecular weight is 898 g/mol. The summed E-state index contributed by atoms with van der Waals surface area (Å²) in [6.45, 7) is 21.4. The van der Waals surface area contributed by atoms with Crippen LogP contribution in [0, 0.1) is 12.8 Å². The van der Waals surface area contributed by atoms with Crippen LogP contribution >= 0.6 is 10.0 Å². The quantitative estimate of drug-likeness (QED) is 0.225. The number of benzene rings is 3. The Kier molecular flexibility index (Phi) is 7.57. The molecule has 2 saturated carbocycles. The summed E-state index contributed by atoms with van der Waals surface area (Å²) in [7, 11) is -1.66. The molecular weight excluding hydrogens is 830 g/mol. The molecule has 0 N–H and O–H groups in total. The molecule has 1 saturated heterocycles. The molecule has 6 aliphatic carbocycles. The van der Waals surface area contributed by atoms with E-state index in [1.165, 1.54) is 85.2 Å². The van der Waals surface area contributed by atoms with E-state index in [9.17, 15) is 0 Å². The minimum absolute atomic E-state index is 0.00724. The van der Waals surface area contributed by atoms with Crippen LogP contribution in [0.5, 0.6) is 0 Å². The zero-order valence-corrected chi connectivity index (χ0v) is 42.1. The van der Waals surface area contributed by atoms with Crippen molar-refractivity contribution in [3.8, 4) is 0 Å². The van der Waals surface area contributed by atoms with E-state index in [4.69, 9.17) is 0 Å². The van der Waals surface area contributed by atoms with Gasteiger partial charge in [0, 0.05) is 71.2 Å². The van der Waals surface area contributed by atoms with Gasteiger partial charge >= 0.3 is 0 Å². The number of aryl methyl sites for hydroxylation is 1. The Morgan fingerprint density at radius 2 is 1.51 bits per heavy atom. The van der Waals surface area contributed by atoms with Crippen molar-refractivity contribution in [2.45, 2.75) is 174 Å². The van der Waals surface area contributed by atoms with Gasteiger partial charge in [0.15, 0.2) is 0 Å². The van der Waals surface area contributed by atoms with E-state index in [1.807, 2.05) is 0 Å². The minimum Gasteiger partial charge on any atom is -0.359 e. The molecule has 340 valence electrons. The molecule has 67 heavy (non-hydrogen) atoms. The van der Waals surface area contributed by atoms with E-state index in [-0.39, 0.29) is 37.2 Å². The van der Waals surface area contributed by atoms with Crippen molar-refractivity contribution in [3.05, 3.63) is 165 Å². The van der Waals surface area contributed by atoms with Crippen molar-refractivity contribution >= 4 is 44.6 Å². The molecule has 6 heterocycles. The van der Waals surface area contributed by atoms with E-state index in [2.05, 4.69) is 185 Å². The molecule has 3 fully saturated rings. The summed E-state index contributed by atoms with van der Waals surface area (Å²) < 4.78 is -0.242. The lowest BCUT2D eigenvalue weighted by Crippen LogP contribution is -2.72. The van der Waals surface area contributed by atoms with Crippen LogP contribution in [0.2, 0.25) is 5.82 Å². The number of nitrogens with zero attached hydrogens (tertiary/aromatic N) is 3. The summed E-state index contributed by atoms with van der Waals surface area (Å²) in [5, 5.41) is 0. The fourth-order valence-corrected chi connectivity index (χ4v) is 25.3. The van der Waals surface area contributed by atoms with Gasteiger partial charge in [-0.2, -0.15) is 10.0 Å². The monoisotopic (exact) mass is 898 g/mol. The number of fused-ring (bicyclic) bond motifs is 18. The summed E-state index contributed by atoms with van der Waals surface area (Å²) in [6.07, 6.45) is 39.4. The van der Waals surface area contributed by atoms with Crippen molar-refractivity contribution in [1.82, 2.24) is 4.90 Å². The first-order valence-electron chi connectivity index (χ1n) is 26.5. The van der Waals surface area contributed by atoms with Crippen molar-refractivity contribution < 1.29 is 0 Å². The van der Waals surface area contributed by atoms with Crippen LogP contribution in [0.3, 0.4) is 0 Å². The number of rotatable bonds is 1. The molecule has 3 aromatic rings. The van der Waals surface area contributed by atoms with Crippen LogP contribution in [-0.4, -0.2) is 38.2 Å². The Balaban J connectivity index is 1.04. The maximum atomic E-state index is 3.11. The number of para-hydroxylation sites is 1. The second-order valence-electron chi connectivity index (χ2n) is 24.7. The first kappa shape index (κ1) is 40.3. The lowest BCUT2D eigenvalue weighted by atomic mass is 9.26. The van der Waals surface area contributed by atoms with E-state index >= 15 is 0 Å². The highest BCUT2D eigenvalue weighted by Crippen LogP contribution is 2.89. The van der Waals surface area contributed by atoms with E-state index in [0.29, 0.717) is 18.7 Å². The van der Waals surface area contributed by atoms with Crippen LogP contribution in [0.1, 0.15) is 141 Å². The second kappa shape index (κ2) is 12.6. The number of allylic oxidation sites excluding steroid dienone is 11. The Morgan fingerprint density at radius 1 is 0.761 bits per heavy atom. The highest BCUT2D eigenvalue weighted by molar-refractivity contribution is 8.39. The van der Waals surface area contributed by atoms with Gasteiger partial charge in [-0.15, -0.1) is 0 Å². The third-order valence-corrected chi connectivity index (χ3v) is 27.1. The molecule has 0 aromatic heterocycles. The van der Waals surface area contributed by atoms with Gasteiger partial charge in [0.1, 0.15) is 0 Å². The smallest absolute Gasteiger partial charge is 0.226 e. The van der Waals surface area contributed by atoms with E-state index < -0.39 is 10.0 Å². The van der Waals surface area contributed by atoms with Crippen LogP contribution in [0.4, 0.5) is 11.4 Å². The van der Waals surface area contributed by atoms with E-state index in [1.54, 1.807) is 48.9 Å². The zero-order chi connectivity index (χ0) is 45.4.